The van der Waals surface area contributed by atoms with Crippen molar-refractivity contribution >= 4 is 27.5 Å². The Morgan fingerprint density at radius 3 is 2.33 bits per heavy atom. The molecule has 0 unspecified atom stereocenters. The molecule has 11 heteroatoms. The quantitative estimate of drug-likeness (QED) is 0.766. The molecule has 0 spiro atoms. The molecule has 0 aliphatic rings. The molecule has 27 heavy (non-hydrogen) atoms. The monoisotopic (exact) mass is 425 g/mol. The average molecular weight is 426 g/mol. The van der Waals surface area contributed by atoms with Crippen molar-refractivity contribution in [2.75, 3.05) is 0 Å². The first kappa shape index (κ1) is 21.3. The lowest BCUT2D eigenvalue weighted by molar-refractivity contribution is -0.137. The second kappa shape index (κ2) is 7.17. The molecule has 6 nitrogen and oxygen atoms in total. The van der Waals surface area contributed by atoms with E-state index in [1.165, 1.54) is 13.8 Å². The van der Waals surface area contributed by atoms with Crippen molar-refractivity contribution in [3.05, 3.63) is 52.2 Å². The second-order valence-electron chi connectivity index (χ2n) is 6.26. The first-order chi connectivity index (χ1) is 12.2. The number of furan rings is 1. The summed E-state index contributed by atoms with van der Waals surface area (Å²) in [5, 5.41) is 8.96. The Morgan fingerprint density at radius 1 is 1.19 bits per heavy atom. The molecule has 0 aliphatic heterocycles. The SMILES string of the molecule is CC(C)(O)c1coc(S(=O)(=O)NC(=O)Cc2cc(Cl)cc(C(F)(F)F)c2)c1. The Labute approximate surface area is 158 Å². The summed E-state index contributed by atoms with van der Waals surface area (Å²) in [5.74, 6) is -1.08. The van der Waals surface area contributed by atoms with Crippen LogP contribution in [0.2, 0.25) is 5.02 Å². The van der Waals surface area contributed by atoms with Gasteiger partial charge in [0.2, 0.25) is 11.0 Å². The van der Waals surface area contributed by atoms with Gasteiger partial charge in [-0.05, 0) is 37.6 Å². The van der Waals surface area contributed by atoms with Gasteiger partial charge in [-0.2, -0.15) is 21.6 Å². The highest BCUT2D eigenvalue weighted by Gasteiger charge is 2.31. The van der Waals surface area contributed by atoms with Gasteiger partial charge in [-0.25, -0.2) is 4.72 Å². The standard InChI is InChI=1S/C16H15ClF3NO5S/c1-15(2,23)11-7-14(26-8-11)27(24,25)21-13(22)5-9-3-10(16(18,19)20)6-12(17)4-9/h3-4,6-8,23H,5H2,1-2H3,(H,21,22). The normalized spacial score (nSPS) is 12.9. The maximum Gasteiger partial charge on any atom is 0.416 e. The number of nitrogens with one attached hydrogen (secondary N) is 1. The van der Waals surface area contributed by atoms with E-state index in [0.29, 0.717) is 12.1 Å². The molecular formula is C16H15ClF3NO5S. The number of amides is 1. The Balaban J connectivity index is 2.18. The molecule has 1 aromatic carbocycles. The largest absolute Gasteiger partial charge is 0.451 e. The fourth-order valence-corrected chi connectivity index (χ4v) is 3.30. The number of carbonyl (C=O) groups is 1. The van der Waals surface area contributed by atoms with Crippen molar-refractivity contribution in [3.63, 3.8) is 0 Å². The molecule has 1 aromatic heterocycles. The van der Waals surface area contributed by atoms with Crippen molar-refractivity contribution in [2.45, 2.75) is 37.1 Å². The lowest BCUT2D eigenvalue weighted by atomic mass is 10.0. The molecule has 0 atom stereocenters. The Morgan fingerprint density at radius 2 is 1.81 bits per heavy atom. The minimum absolute atomic E-state index is 0.112. The van der Waals surface area contributed by atoms with E-state index in [1.807, 2.05) is 0 Å². The summed E-state index contributed by atoms with van der Waals surface area (Å²) in [6.07, 6.45) is -4.29. The summed E-state index contributed by atoms with van der Waals surface area (Å²) in [6.45, 7) is 2.81. The topological polar surface area (TPSA) is 96.6 Å². The predicted molar refractivity (Wildman–Crippen MR) is 89.4 cm³/mol. The van der Waals surface area contributed by atoms with Crippen LogP contribution in [0, 0.1) is 0 Å². The molecule has 1 amide bonds. The van der Waals surface area contributed by atoms with Gasteiger partial charge in [0.1, 0.15) is 0 Å². The first-order valence-corrected chi connectivity index (χ1v) is 9.28. The lowest BCUT2D eigenvalue weighted by Crippen LogP contribution is -2.31. The van der Waals surface area contributed by atoms with Gasteiger partial charge in [-0.3, -0.25) is 4.79 Å². The van der Waals surface area contributed by atoms with Gasteiger partial charge in [0, 0.05) is 16.7 Å². The zero-order chi connectivity index (χ0) is 20.6. The van der Waals surface area contributed by atoms with E-state index >= 15 is 0 Å². The van der Waals surface area contributed by atoms with Crippen LogP contribution >= 0.6 is 11.6 Å². The molecule has 0 fully saturated rings. The van der Waals surface area contributed by atoms with Crippen LogP contribution in [0.3, 0.4) is 0 Å². The van der Waals surface area contributed by atoms with Crippen molar-refractivity contribution in [3.8, 4) is 0 Å². The maximum absolute atomic E-state index is 12.8. The minimum atomic E-state index is -4.66. The zero-order valence-corrected chi connectivity index (χ0v) is 15.7. The van der Waals surface area contributed by atoms with E-state index in [-0.39, 0.29) is 16.1 Å². The molecule has 2 rings (SSSR count). The molecule has 2 N–H and O–H groups in total. The zero-order valence-electron chi connectivity index (χ0n) is 14.1. The van der Waals surface area contributed by atoms with Gasteiger partial charge in [-0.15, -0.1) is 0 Å². The van der Waals surface area contributed by atoms with E-state index in [0.717, 1.165) is 18.4 Å². The van der Waals surface area contributed by atoms with E-state index in [4.69, 9.17) is 16.0 Å². The highest BCUT2D eigenvalue weighted by molar-refractivity contribution is 7.89. The summed E-state index contributed by atoms with van der Waals surface area (Å²) in [5.41, 5.74) is -2.36. The Bertz CT molecular complexity index is 961. The number of hydrogen-bond donors (Lipinski definition) is 2. The molecule has 148 valence electrons. The van der Waals surface area contributed by atoms with Gasteiger partial charge >= 0.3 is 6.18 Å². The number of rotatable bonds is 5. The van der Waals surface area contributed by atoms with Crippen LogP contribution in [0.5, 0.6) is 0 Å². The summed E-state index contributed by atoms with van der Waals surface area (Å²) in [7, 11) is -4.40. The van der Waals surface area contributed by atoms with Crippen molar-refractivity contribution < 1.29 is 35.9 Å². The third kappa shape index (κ3) is 5.47. The summed E-state index contributed by atoms with van der Waals surface area (Å²) < 4.78 is 69.2. The Kier molecular flexibility index (Phi) is 5.65. The molecule has 0 saturated carbocycles. The van der Waals surface area contributed by atoms with Crippen LogP contribution in [0.15, 0.2) is 40.0 Å². The predicted octanol–water partition coefficient (Wildman–Crippen LogP) is 3.23. The smallest absolute Gasteiger partial charge is 0.416 e. The fraction of sp³-hybridized carbons (Fsp3) is 0.312. The van der Waals surface area contributed by atoms with Crippen LogP contribution in [0.25, 0.3) is 0 Å². The summed E-state index contributed by atoms with van der Waals surface area (Å²) >= 11 is 5.63. The molecular weight excluding hydrogens is 411 g/mol. The number of halogens is 4. The van der Waals surface area contributed by atoms with Crippen LogP contribution in [0.1, 0.15) is 30.5 Å². The van der Waals surface area contributed by atoms with Gasteiger partial charge < -0.3 is 9.52 Å². The Hall–Kier alpha value is -2.04. The van der Waals surface area contributed by atoms with Gasteiger partial charge in [0.05, 0.1) is 23.8 Å². The molecule has 0 radical (unpaired) electrons. The number of benzene rings is 1. The highest BCUT2D eigenvalue weighted by Crippen LogP contribution is 2.32. The van der Waals surface area contributed by atoms with Crippen molar-refractivity contribution in [2.24, 2.45) is 0 Å². The average Bonchev–Trinajstić information content (AvgIpc) is 2.95. The van der Waals surface area contributed by atoms with Crippen molar-refractivity contribution in [1.29, 1.82) is 0 Å². The van der Waals surface area contributed by atoms with Crippen molar-refractivity contribution in [1.82, 2.24) is 4.72 Å². The number of carbonyl (C=O) groups excluding carboxylic acids is 1. The molecule has 2 aromatic rings. The minimum Gasteiger partial charge on any atom is -0.451 e. The van der Waals surface area contributed by atoms with E-state index < -0.39 is 44.8 Å². The van der Waals surface area contributed by atoms with Gasteiger partial charge in [0.25, 0.3) is 10.0 Å². The van der Waals surface area contributed by atoms with Gasteiger partial charge in [0.15, 0.2) is 0 Å². The first-order valence-electron chi connectivity index (χ1n) is 7.42. The van der Waals surface area contributed by atoms with E-state index in [2.05, 4.69) is 0 Å². The number of aliphatic hydroxyl groups is 1. The van der Waals surface area contributed by atoms with Gasteiger partial charge in [-0.1, -0.05) is 11.6 Å². The molecule has 0 saturated heterocycles. The van der Waals surface area contributed by atoms with Crippen LogP contribution in [-0.4, -0.2) is 19.4 Å². The molecule has 1 heterocycles. The fourth-order valence-electron chi connectivity index (χ4n) is 2.12. The number of hydrogen-bond acceptors (Lipinski definition) is 5. The third-order valence-electron chi connectivity index (χ3n) is 3.44. The summed E-state index contributed by atoms with van der Waals surface area (Å²) in [4.78, 5) is 12.0. The molecule has 0 bridgehead atoms. The third-order valence-corrected chi connectivity index (χ3v) is 4.90. The highest BCUT2D eigenvalue weighted by atomic mass is 35.5. The molecule has 0 aliphatic carbocycles. The maximum atomic E-state index is 12.8. The summed E-state index contributed by atoms with van der Waals surface area (Å²) in [6, 6.07) is 3.57. The van der Waals surface area contributed by atoms with E-state index in [9.17, 15) is 31.5 Å². The number of sulfonamides is 1. The second-order valence-corrected chi connectivity index (χ2v) is 8.31. The lowest BCUT2D eigenvalue weighted by Gasteiger charge is -2.13. The number of alkyl halides is 3. The van der Waals surface area contributed by atoms with Crippen LogP contribution in [-0.2, 0) is 33.0 Å². The van der Waals surface area contributed by atoms with E-state index in [1.54, 1.807) is 4.72 Å². The van der Waals surface area contributed by atoms with Crippen LogP contribution in [0.4, 0.5) is 13.2 Å². The van der Waals surface area contributed by atoms with Crippen LogP contribution < -0.4 is 4.72 Å².